The quantitative estimate of drug-likeness (QED) is 0.0659. The standard InChI is InChI=1S/C40H64N10O6/c41-21-7-4-13-33(51)18-24-44-38-45-39(49(25-19-34(52)14-5-8-22-42)26-20-35(53)15-6-9-23-43)47-40(46-38)50-29-27-48(28-30-50)36(54)16-10-17-37(55)56-31-32-11-2-1-3-12-32/h1-3,11-12H,4-10,13-31,41-43H2,(H,44,45,46,47). The molecule has 0 unspecified atom stereocenters. The zero-order chi connectivity index (χ0) is 40.4. The lowest BCUT2D eigenvalue weighted by atomic mass is 10.1. The number of ketones is 3. The first-order chi connectivity index (χ1) is 27.2. The van der Waals surface area contributed by atoms with E-state index in [4.69, 9.17) is 36.9 Å². The van der Waals surface area contributed by atoms with Crippen LogP contribution in [0, 0.1) is 0 Å². The van der Waals surface area contributed by atoms with E-state index in [1.54, 1.807) is 4.90 Å². The molecule has 3 rings (SSSR count). The summed E-state index contributed by atoms with van der Waals surface area (Å²) in [6.07, 6.45) is 7.47. The number of nitrogens with two attached hydrogens (primary N) is 3. The van der Waals surface area contributed by atoms with E-state index >= 15 is 0 Å². The number of esters is 1. The molecule has 0 atom stereocenters. The van der Waals surface area contributed by atoms with Crippen LogP contribution in [-0.4, -0.2) is 115 Å². The van der Waals surface area contributed by atoms with Crippen molar-refractivity contribution in [2.24, 2.45) is 17.2 Å². The van der Waals surface area contributed by atoms with Gasteiger partial charge in [0, 0.05) is 97.2 Å². The van der Waals surface area contributed by atoms with Crippen molar-refractivity contribution < 1.29 is 28.7 Å². The normalized spacial score (nSPS) is 12.7. The molecule has 1 fully saturated rings. The molecular weight excluding hydrogens is 717 g/mol. The van der Waals surface area contributed by atoms with Crippen LogP contribution in [0.15, 0.2) is 30.3 Å². The number of benzene rings is 1. The van der Waals surface area contributed by atoms with E-state index in [9.17, 15) is 24.0 Å². The smallest absolute Gasteiger partial charge is 0.306 e. The molecule has 2 aromatic rings. The van der Waals surface area contributed by atoms with Crippen molar-refractivity contribution in [2.45, 2.75) is 103 Å². The molecule has 1 aliphatic heterocycles. The summed E-state index contributed by atoms with van der Waals surface area (Å²) >= 11 is 0. The Morgan fingerprint density at radius 3 is 1.79 bits per heavy atom. The van der Waals surface area contributed by atoms with E-state index < -0.39 is 0 Å². The summed E-state index contributed by atoms with van der Waals surface area (Å²) in [4.78, 5) is 83.3. The maximum Gasteiger partial charge on any atom is 0.306 e. The lowest BCUT2D eigenvalue weighted by molar-refractivity contribution is -0.145. The Hall–Kier alpha value is -4.54. The van der Waals surface area contributed by atoms with Crippen LogP contribution >= 0.6 is 0 Å². The van der Waals surface area contributed by atoms with Crippen molar-refractivity contribution in [1.82, 2.24) is 19.9 Å². The number of unbranched alkanes of at least 4 members (excludes halogenated alkanes) is 3. The molecule has 1 aliphatic rings. The van der Waals surface area contributed by atoms with Crippen LogP contribution < -0.4 is 32.3 Å². The van der Waals surface area contributed by atoms with E-state index in [-0.39, 0.29) is 67.5 Å². The zero-order valence-electron chi connectivity index (χ0n) is 33.1. The molecule has 0 spiro atoms. The van der Waals surface area contributed by atoms with Crippen LogP contribution in [0.5, 0.6) is 0 Å². The van der Waals surface area contributed by atoms with Gasteiger partial charge in [0.1, 0.15) is 24.0 Å². The van der Waals surface area contributed by atoms with E-state index in [2.05, 4.69) is 5.32 Å². The van der Waals surface area contributed by atoms with Crippen molar-refractivity contribution in [3.8, 4) is 0 Å². The molecule has 1 saturated heterocycles. The van der Waals surface area contributed by atoms with Crippen molar-refractivity contribution in [2.75, 3.05) is 80.6 Å². The van der Waals surface area contributed by atoms with E-state index in [1.807, 2.05) is 40.1 Å². The number of nitrogens with one attached hydrogen (secondary N) is 1. The van der Waals surface area contributed by atoms with Gasteiger partial charge in [0.05, 0.1) is 0 Å². The number of nitrogens with zero attached hydrogens (tertiary/aromatic N) is 6. The second-order valence-electron chi connectivity index (χ2n) is 14.1. The molecule has 16 nitrogen and oxygen atoms in total. The average molecular weight is 781 g/mol. The molecule has 0 radical (unpaired) electrons. The van der Waals surface area contributed by atoms with Crippen LogP contribution in [-0.2, 0) is 35.3 Å². The second kappa shape index (κ2) is 27.1. The predicted molar refractivity (Wildman–Crippen MR) is 217 cm³/mol. The SMILES string of the molecule is NCCCCC(=O)CCNc1nc(N(CCC(=O)CCCCN)CCC(=O)CCCCN)nc(N2CCN(C(=O)CCCC(=O)OCc3ccccc3)CC2)n1. The lowest BCUT2D eigenvalue weighted by Crippen LogP contribution is -2.49. The van der Waals surface area contributed by atoms with E-state index in [0.717, 1.165) is 44.1 Å². The third-order valence-electron chi connectivity index (χ3n) is 9.56. The summed E-state index contributed by atoms with van der Waals surface area (Å²) in [5.74, 6) is 0.959. The summed E-state index contributed by atoms with van der Waals surface area (Å²) in [5.41, 5.74) is 17.7. The third kappa shape index (κ3) is 18.4. The van der Waals surface area contributed by atoms with Crippen LogP contribution in [0.2, 0.25) is 0 Å². The van der Waals surface area contributed by atoms with Crippen LogP contribution in [0.4, 0.5) is 17.8 Å². The maximum atomic E-state index is 13.1. The van der Waals surface area contributed by atoms with Crippen LogP contribution in [0.1, 0.15) is 102 Å². The maximum absolute atomic E-state index is 13.1. The third-order valence-corrected chi connectivity index (χ3v) is 9.56. The van der Waals surface area contributed by atoms with Gasteiger partial charge in [0.15, 0.2) is 0 Å². The Morgan fingerprint density at radius 2 is 1.21 bits per heavy atom. The molecule has 0 saturated carbocycles. The minimum absolute atomic E-state index is 0.0336. The topological polar surface area (TPSA) is 233 Å². The fraction of sp³-hybridized carbons (Fsp3) is 0.650. The van der Waals surface area contributed by atoms with Gasteiger partial charge < -0.3 is 42.0 Å². The van der Waals surface area contributed by atoms with Crippen molar-refractivity contribution in [3.63, 3.8) is 0 Å². The van der Waals surface area contributed by atoms with E-state index in [1.165, 1.54) is 0 Å². The summed E-state index contributed by atoms with van der Waals surface area (Å²) in [7, 11) is 0. The molecule has 16 heteroatoms. The molecule has 0 aliphatic carbocycles. The molecular formula is C40H64N10O6. The number of carbonyl (C=O) groups excluding carboxylic acids is 5. The Morgan fingerprint density at radius 1 is 0.643 bits per heavy atom. The Balaban J connectivity index is 1.68. The number of Topliss-reactive ketones (excluding diaryl/α,β-unsaturated/α-hetero) is 3. The van der Waals surface area contributed by atoms with Gasteiger partial charge in [-0.05, 0) is 70.1 Å². The van der Waals surface area contributed by atoms with Crippen molar-refractivity contribution in [1.29, 1.82) is 0 Å². The van der Waals surface area contributed by atoms with Gasteiger partial charge in [-0.25, -0.2) is 0 Å². The first-order valence-electron chi connectivity index (χ1n) is 20.3. The summed E-state index contributed by atoms with van der Waals surface area (Å²) < 4.78 is 5.34. The van der Waals surface area contributed by atoms with Gasteiger partial charge in [-0.15, -0.1) is 0 Å². The number of amides is 1. The minimum Gasteiger partial charge on any atom is -0.461 e. The van der Waals surface area contributed by atoms with Crippen molar-refractivity contribution >= 4 is 47.1 Å². The second-order valence-corrected chi connectivity index (χ2v) is 14.1. The van der Waals surface area contributed by atoms with Crippen LogP contribution in [0.3, 0.4) is 0 Å². The minimum atomic E-state index is -0.335. The highest BCUT2D eigenvalue weighted by Crippen LogP contribution is 2.20. The first kappa shape index (κ1) is 45.8. The lowest BCUT2D eigenvalue weighted by Gasteiger charge is -2.35. The molecule has 1 amide bonds. The largest absolute Gasteiger partial charge is 0.461 e. The first-order valence-corrected chi connectivity index (χ1v) is 20.3. The van der Waals surface area contributed by atoms with Gasteiger partial charge in [-0.1, -0.05) is 30.3 Å². The molecule has 1 aromatic carbocycles. The fourth-order valence-electron chi connectivity index (χ4n) is 6.14. The van der Waals surface area contributed by atoms with Gasteiger partial charge in [-0.3, -0.25) is 24.0 Å². The predicted octanol–water partition coefficient (Wildman–Crippen LogP) is 2.92. The number of piperazine rings is 1. The monoisotopic (exact) mass is 781 g/mol. The molecule has 7 N–H and O–H groups in total. The van der Waals surface area contributed by atoms with Gasteiger partial charge >= 0.3 is 5.97 Å². The Bertz CT molecular complexity index is 1460. The number of hydrogen-bond donors (Lipinski definition) is 4. The summed E-state index contributed by atoms with van der Waals surface area (Å²) in [6, 6.07) is 9.46. The molecule has 1 aromatic heterocycles. The highest BCUT2D eigenvalue weighted by molar-refractivity contribution is 5.80. The molecule has 0 bridgehead atoms. The fourth-order valence-corrected chi connectivity index (χ4v) is 6.14. The van der Waals surface area contributed by atoms with Gasteiger partial charge in [0.25, 0.3) is 0 Å². The zero-order valence-corrected chi connectivity index (χ0v) is 33.1. The number of rotatable bonds is 30. The molecule has 2 heterocycles. The number of hydrogen-bond acceptors (Lipinski definition) is 15. The van der Waals surface area contributed by atoms with E-state index in [0.29, 0.717) is 109 Å². The number of aromatic nitrogens is 3. The number of anilines is 3. The molecule has 56 heavy (non-hydrogen) atoms. The molecule has 310 valence electrons. The van der Waals surface area contributed by atoms with Crippen molar-refractivity contribution in [3.05, 3.63) is 35.9 Å². The van der Waals surface area contributed by atoms with Crippen LogP contribution in [0.25, 0.3) is 0 Å². The summed E-state index contributed by atoms with van der Waals surface area (Å²) in [5, 5.41) is 3.20. The summed E-state index contributed by atoms with van der Waals surface area (Å²) in [6.45, 7) is 4.59. The van der Waals surface area contributed by atoms with Gasteiger partial charge in [-0.2, -0.15) is 15.0 Å². The van der Waals surface area contributed by atoms with Gasteiger partial charge in [0.2, 0.25) is 23.8 Å². The Labute approximate surface area is 331 Å². The average Bonchev–Trinajstić information content (AvgIpc) is 3.20. The highest BCUT2D eigenvalue weighted by atomic mass is 16.5. The number of ether oxygens (including phenoxy) is 1. The highest BCUT2D eigenvalue weighted by Gasteiger charge is 2.25. The number of carbonyl (C=O) groups is 5. The Kier molecular flexibility index (Phi) is 22.2.